The van der Waals surface area contributed by atoms with Crippen LogP contribution in [0.4, 0.5) is 9.93 Å². The third kappa shape index (κ3) is 2.42. The molecule has 78 valence electrons. The van der Waals surface area contributed by atoms with Gasteiger partial charge in [0.2, 0.25) is 5.13 Å². The molecule has 0 atom stereocenters. The van der Waals surface area contributed by atoms with Crippen molar-refractivity contribution in [3.05, 3.63) is 5.01 Å². The molecular formula is C8H12ClN3OS. The van der Waals surface area contributed by atoms with Crippen LogP contribution in [0.5, 0.6) is 0 Å². The predicted molar refractivity (Wildman–Crippen MR) is 58.3 cm³/mol. The van der Waals surface area contributed by atoms with E-state index in [0.717, 1.165) is 5.01 Å². The van der Waals surface area contributed by atoms with E-state index in [1.54, 1.807) is 7.05 Å². The Morgan fingerprint density at radius 3 is 2.36 bits per heavy atom. The molecule has 0 aliphatic carbocycles. The van der Waals surface area contributed by atoms with Crippen molar-refractivity contribution in [1.29, 1.82) is 0 Å². The number of halogens is 1. The van der Waals surface area contributed by atoms with Crippen LogP contribution in [0.25, 0.3) is 0 Å². The van der Waals surface area contributed by atoms with Crippen LogP contribution in [0.15, 0.2) is 0 Å². The smallest absolute Gasteiger partial charge is 0.276 e. The fourth-order valence-electron chi connectivity index (χ4n) is 0.729. The molecule has 0 aliphatic heterocycles. The summed E-state index contributed by atoms with van der Waals surface area (Å²) in [6.45, 7) is 6.12. The molecule has 1 aromatic rings. The lowest BCUT2D eigenvalue weighted by Gasteiger charge is -2.12. The lowest BCUT2D eigenvalue weighted by Crippen LogP contribution is -2.19. The molecule has 0 bridgehead atoms. The normalized spacial score (nSPS) is 11.5. The molecular weight excluding hydrogens is 222 g/mol. The third-order valence-corrected chi connectivity index (χ3v) is 3.29. The largest absolute Gasteiger partial charge is 0.322 e. The minimum atomic E-state index is -0.554. The van der Waals surface area contributed by atoms with E-state index >= 15 is 0 Å². The van der Waals surface area contributed by atoms with Crippen molar-refractivity contribution in [3.8, 4) is 0 Å². The molecule has 0 N–H and O–H groups in total. The van der Waals surface area contributed by atoms with Crippen LogP contribution < -0.4 is 4.90 Å². The van der Waals surface area contributed by atoms with Crippen molar-refractivity contribution < 1.29 is 4.79 Å². The molecule has 0 fully saturated rings. The molecule has 0 unspecified atom stereocenters. The average molecular weight is 234 g/mol. The second kappa shape index (κ2) is 3.82. The highest BCUT2D eigenvalue weighted by atomic mass is 35.5. The fraction of sp³-hybridized carbons (Fsp3) is 0.625. The van der Waals surface area contributed by atoms with Gasteiger partial charge in [-0.3, -0.25) is 9.69 Å². The third-order valence-electron chi connectivity index (χ3n) is 1.61. The van der Waals surface area contributed by atoms with E-state index in [0.29, 0.717) is 5.13 Å². The molecule has 0 saturated carbocycles. The summed E-state index contributed by atoms with van der Waals surface area (Å²) in [5.74, 6) is 0. The Bertz CT molecular complexity index is 345. The Kier molecular flexibility index (Phi) is 3.11. The summed E-state index contributed by atoms with van der Waals surface area (Å²) in [7, 11) is 1.57. The molecule has 14 heavy (non-hydrogen) atoms. The minimum Gasteiger partial charge on any atom is -0.276 e. The number of hydrogen-bond donors (Lipinski definition) is 0. The number of amides is 1. The molecule has 1 amide bonds. The highest BCUT2D eigenvalue weighted by molar-refractivity contribution is 7.15. The highest BCUT2D eigenvalue weighted by Gasteiger charge is 2.21. The van der Waals surface area contributed by atoms with Crippen molar-refractivity contribution in [2.75, 3.05) is 11.9 Å². The van der Waals surface area contributed by atoms with E-state index in [-0.39, 0.29) is 5.41 Å². The monoisotopic (exact) mass is 233 g/mol. The van der Waals surface area contributed by atoms with Gasteiger partial charge in [-0.1, -0.05) is 32.1 Å². The molecule has 1 heterocycles. The molecule has 0 spiro atoms. The van der Waals surface area contributed by atoms with Gasteiger partial charge in [0.05, 0.1) is 0 Å². The van der Waals surface area contributed by atoms with Crippen molar-refractivity contribution in [2.24, 2.45) is 0 Å². The zero-order valence-corrected chi connectivity index (χ0v) is 10.1. The highest BCUT2D eigenvalue weighted by Crippen LogP contribution is 2.29. The van der Waals surface area contributed by atoms with Crippen LogP contribution in [-0.4, -0.2) is 22.6 Å². The topological polar surface area (TPSA) is 46.1 Å². The summed E-state index contributed by atoms with van der Waals surface area (Å²) in [4.78, 5) is 12.1. The van der Waals surface area contributed by atoms with E-state index < -0.39 is 5.37 Å². The SMILES string of the molecule is CN(C(=O)Cl)c1nnc(C(C)(C)C)s1. The quantitative estimate of drug-likeness (QED) is 0.553. The first-order valence-corrected chi connectivity index (χ1v) is 5.29. The Hall–Kier alpha value is -0.680. The maximum Gasteiger partial charge on any atom is 0.322 e. The fourth-order valence-corrected chi connectivity index (χ4v) is 1.72. The first-order chi connectivity index (χ1) is 6.32. The van der Waals surface area contributed by atoms with Gasteiger partial charge in [-0.05, 0) is 11.6 Å². The maximum absolute atomic E-state index is 10.8. The predicted octanol–water partition coefficient (Wildman–Crippen LogP) is 2.63. The lowest BCUT2D eigenvalue weighted by molar-refractivity contribution is 0.265. The number of anilines is 1. The maximum atomic E-state index is 10.8. The van der Waals surface area contributed by atoms with Crippen LogP contribution >= 0.6 is 22.9 Å². The Morgan fingerprint density at radius 2 is 2.00 bits per heavy atom. The number of carbonyl (C=O) groups is 1. The van der Waals surface area contributed by atoms with Crippen LogP contribution in [-0.2, 0) is 5.41 Å². The summed E-state index contributed by atoms with van der Waals surface area (Å²) in [6, 6.07) is 0. The lowest BCUT2D eigenvalue weighted by atomic mass is 9.98. The number of aromatic nitrogens is 2. The summed E-state index contributed by atoms with van der Waals surface area (Å²) in [6.07, 6.45) is 0. The molecule has 4 nitrogen and oxygen atoms in total. The van der Waals surface area contributed by atoms with Crippen LogP contribution in [0, 0.1) is 0 Å². The number of rotatable bonds is 1. The Morgan fingerprint density at radius 1 is 1.43 bits per heavy atom. The van der Waals surface area contributed by atoms with E-state index in [4.69, 9.17) is 11.6 Å². The second-order valence-electron chi connectivity index (χ2n) is 3.95. The van der Waals surface area contributed by atoms with Gasteiger partial charge in [0.15, 0.2) is 0 Å². The minimum absolute atomic E-state index is 0.0495. The van der Waals surface area contributed by atoms with Gasteiger partial charge >= 0.3 is 5.37 Å². The van der Waals surface area contributed by atoms with Crippen LogP contribution in [0.3, 0.4) is 0 Å². The van der Waals surface area contributed by atoms with E-state index in [9.17, 15) is 4.79 Å². The van der Waals surface area contributed by atoms with Crippen LogP contribution in [0.1, 0.15) is 25.8 Å². The molecule has 1 aromatic heterocycles. The van der Waals surface area contributed by atoms with Crippen molar-refractivity contribution in [1.82, 2.24) is 10.2 Å². The van der Waals surface area contributed by atoms with Crippen molar-refractivity contribution in [2.45, 2.75) is 26.2 Å². The van der Waals surface area contributed by atoms with E-state index in [1.165, 1.54) is 16.2 Å². The van der Waals surface area contributed by atoms with Gasteiger partial charge in [-0.25, -0.2) is 0 Å². The molecule has 0 saturated heterocycles. The number of carbonyl (C=O) groups excluding carboxylic acids is 1. The summed E-state index contributed by atoms with van der Waals surface area (Å²) in [5, 5.41) is 8.76. The van der Waals surface area contributed by atoms with Gasteiger partial charge in [0.25, 0.3) is 0 Å². The van der Waals surface area contributed by atoms with E-state index in [2.05, 4.69) is 10.2 Å². The number of nitrogens with zero attached hydrogens (tertiary/aromatic N) is 3. The second-order valence-corrected chi connectivity index (χ2v) is 5.23. The van der Waals surface area contributed by atoms with Gasteiger partial charge in [-0.2, -0.15) is 0 Å². The summed E-state index contributed by atoms with van der Waals surface area (Å²) < 4.78 is 0. The Labute approximate surface area is 91.9 Å². The zero-order valence-electron chi connectivity index (χ0n) is 8.54. The number of hydrogen-bond acceptors (Lipinski definition) is 4. The molecule has 0 aliphatic rings. The standard InChI is InChI=1S/C8H12ClN3OS/c1-8(2,3)5-10-11-7(14-5)12(4)6(9)13/h1-4H3. The molecule has 6 heteroatoms. The van der Waals surface area contributed by atoms with Crippen molar-refractivity contribution >= 4 is 33.4 Å². The molecule has 0 radical (unpaired) electrons. The average Bonchev–Trinajstić information content (AvgIpc) is 2.49. The summed E-state index contributed by atoms with van der Waals surface area (Å²) in [5.41, 5.74) is -0.0495. The van der Waals surface area contributed by atoms with Gasteiger partial charge < -0.3 is 0 Å². The van der Waals surface area contributed by atoms with Crippen molar-refractivity contribution in [3.63, 3.8) is 0 Å². The molecule has 0 aromatic carbocycles. The first-order valence-electron chi connectivity index (χ1n) is 4.09. The Balaban J connectivity index is 2.94. The van der Waals surface area contributed by atoms with Crippen LogP contribution in [0.2, 0.25) is 0 Å². The van der Waals surface area contributed by atoms with Gasteiger partial charge in [-0.15, -0.1) is 10.2 Å². The summed E-state index contributed by atoms with van der Waals surface area (Å²) >= 11 is 6.69. The van der Waals surface area contributed by atoms with Gasteiger partial charge in [0.1, 0.15) is 5.01 Å². The first kappa shape index (κ1) is 11.4. The molecule has 1 rings (SSSR count). The van der Waals surface area contributed by atoms with E-state index in [1.807, 2.05) is 20.8 Å². The zero-order chi connectivity index (χ0) is 10.9. The van der Waals surface area contributed by atoms with Gasteiger partial charge in [0, 0.05) is 12.5 Å².